The first kappa shape index (κ1) is 12.4. The lowest BCUT2D eigenvalue weighted by Crippen LogP contribution is -2.44. The van der Waals surface area contributed by atoms with Gasteiger partial charge in [0.05, 0.1) is 5.69 Å². The topological polar surface area (TPSA) is 55.1 Å². The minimum atomic E-state index is -0.812. The van der Waals surface area contributed by atoms with Crippen LogP contribution in [0, 0.1) is 23.7 Å². The van der Waals surface area contributed by atoms with Gasteiger partial charge in [-0.05, 0) is 62.7 Å². The predicted molar refractivity (Wildman–Crippen MR) is 74.6 cm³/mol. The largest absolute Gasteiger partial charge is 0.478 e. The molecule has 1 aromatic heterocycles. The predicted octanol–water partition coefficient (Wildman–Crippen LogP) is 3.14. The first-order valence-corrected chi connectivity index (χ1v) is 7.96. The van der Waals surface area contributed by atoms with Crippen LogP contribution in [-0.2, 0) is 6.54 Å². The molecule has 20 heavy (non-hydrogen) atoms. The Labute approximate surface area is 119 Å². The number of aryl methyl sites for hydroxylation is 1. The van der Waals surface area contributed by atoms with Crippen molar-refractivity contribution in [2.45, 2.75) is 51.5 Å². The van der Waals surface area contributed by atoms with Crippen molar-refractivity contribution >= 4 is 5.97 Å². The lowest BCUT2D eigenvalue weighted by Gasteiger charge is -2.54. The Bertz CT molecular complexity index is 521. The molecule has 0 saturated heterocycles. The zero-order valence-electron chi connectivity index (χ0n) is 12.0. The average molecular weight is 274 g/mol. The summed E-state index contributed by atoms with van der Waals surface area (Å²) in [5, 5.41) is 14.1. The molecule has 1 N–H and O–H groups in total. The molecule has 5 rings (SSSR count). The SMILES string of the molecule is CCn1cc(C(=O)O)c(C2C3CC4CC(C3)CC2C4)n1. The van der Waals surface area contributed by atoms with E-state index in [1.54, 1.807) is 10.9 Å². The molecule has 4 nitrogen and oxygen atoms in total. The van der Waals surface area contributed by atoms with Crippen LogP contribution in [0.1, 0.15) is 61.0 Å². The molecule has 4 bridgehead atoms. The van der Waals surface area contributed by atoms with Crippen molar-refractivity contribution < 1.29 is 9.90 Å². The van der Waals surface area contributed by atoms with E-state index in [0.717, 1.165) is 24.1 Å². The lowest BCUT2D eigenvalue weighted by atomic mass is 9.51. The number of nitrogens with zero attached hydrogens (tertiary/aromatic N) is 2. The van der Waals surface area contributed by atoms with Gasteiger partial charge in [-0.3, -0.25) is 4.68 Å². The Morgan fingerprint density at radius 2 is 1.85 bits per heavy atom. The molecular formula is C16H22N2O2. The van der Waals surface area contributed by atoms with Crippen molar-refractivity contribution in [3.63, 3.8) is 0 Å². The molecule has 0 amide bonds. The lowest BCUT2D eigenvalue weighted by molar-refractivity contribution is -0.00469. The molecule has 0 aliphatic heterocycles. The van der Waals surface area contributed by atoms with E-state index >= 15 is 0 Å². The summed E-state index contributed by atoms with van der Waals surface area (Å²) in [6.07, 6.45) is 8.36. The molecule has 4 fully saturated rings. The van der Waals surface area contributed by atoms with Gasteiger partial charge >= 0.3 is 5.97 Å². The third kappa shape index (κ3) is 1.73. The summed E-state index contributed by atoms with van der Waals surface area (Å²) >= 11 is 0. The van der Waals surface area contributed by atoms with Crippen LogP contribution in [0.15, 0.2) is 6.20 Å². The zero-order chi connectivity index (χ0) is 13.9. The summed E-state index contributed by atoms with van der Waals surface area (Å²) in [7, 11) is 0. The maximum atomic E-state index is 11.5. The Balaban J connectivity index is 1.74. The smallest absolute Gasteiger partial charge is 0.339 e. The van der Waals surface area contributed by atoms with Crippen molar-refractivity contribution in [2.75, 3.05) is 0 Å². The summed E-state index contributed by atoms with van der Waals surface area (Å²) in [6.45, 7) is 2.76. The number of carbonyl (C=O) groups is 1. The van der Waals surface area contributed by atoms with Gasteiger partial charge < -0.3 is 5.11 Å². The van der Waals surface area contributed by atoms with Gasteiger partial charge in [0.15, 0.2) is 0 Å². The zero-order valence-corrected chi connectivity index (χ0v) is 12.0. The van der Waals surface area contributed by atoms with Crippen molar-refractivity contribution in [2.24, 2.45) is 23.7 Å². The van der Waals surface area contributed by atoms with Gasteiger partial charge in [0, 0.05) is 18.7 Å². The van der Waals surface area contributed by atoms with Crippen LogP contribution in [0.4, 0.5) is 0 Å². The molecule has 1 heterocycles. The number of hydrogen-bond acceptors (Lipinski definition) is 2. The van der Waals surface area contributed by atoms with Gasteiger partial charge in [-0.15, -0.1) is 0 Å². The van der Waals surface area contributed by atoms with Crippen LogP contribution in [0.2, 0.25) is 0 Å². The highest BCUT2D eigenvalue weighted by Gasteiger charge is 2.50. The minimum Gasteiger partial charge on any atom is -0.478 e. The summed E-state index contributed by atoms with van der Waals surface area (Å²) in [5.41, 5.74) is 1.33. The monoisotopic (exact) mass is 274 g/mol. The van der Waals surface area contributed by atoms with E-state index in [9.17, 15) is 9.90 Å². The quantitative estimate of drug-likeness (QED) is 0.921. The van der Waals surface area contributed by atoms with Crippen molar-refractivity contribution in [1.82, 2.24) is 9.78 Å². The molecule has 0 aromatic carbocycles. The second-order valence-electron chi connectivity index (χ2n) is 7.05. The molecule has 4 aliphatic carbocycles. The second-order valence-corrected chi connectivity index (χ2v) is 7.05. The van der Waals surface area contributed by atoms with Crippen molar-refractivity contribution in [3.8, 4) is 0 Å². The third-order valence-electron chi connectivity index (χ3n) is 5.89. The fourth-order valence-corrected chi connectivity index (χ4v) is 5.38. The Morgan fingerprint density at radius 1 is 1.25 bits per heavy atom. The molecule has 0 spiro atoms. The minimum absolute atomic E-state index is 0.404. The molecule has 108 valence electrons. The maximum absolute atomic E-state index is 11.5. The molecule has 0 unspecified atom stereocenters. The molecule has 4 heteroatoms. The van der Waals surface area contributed by atoms with Gasteiger partial charge in [0.2, 0.25) is 0 Å². The molecule has 4 saturated carbocycles. The summed E-state index contributed by atoms with van der Waals surface area (Å²) in [6, 6.07) is 0. The molecule has 0 radical (unpaired) electrons. The van der Waals surface area contributed by atoms with Gasteiger partial charge in [0.1, 0.15) is 5.56 Å². The standard InChI is InChI=1S/C16H22N2O2/c1-2-18-8-13(16(19)20)15(17-18)14-11-4-9-3-10(6-11)7-12(14)5-9/h8-12,14H,2-7H2,1H3,(H,19,20). The summed E-state index contributed by atoms with van der Waals surface area (Å²) in [5.74, 6) is 2.79. The van der Waals surface area contributed by atoms with Crippen LogP contribution in [0.25, 0.3) is 0 Å². The molecule has 0 atom stereocenters. The fraction of sp³-hybridized carbons (Fsp3) is 0.750. The highest BCUT2D eigenvalue weighted by molar-refractivity contribution is 5.88. The first-order chi connectivity index (χ1) is 9.65. The van der Waals surface area contributed by atoms with Crippen molar-refractivity contribution in [1.29, 1.82) is 0 Å². The van der Waals surface area contributed by atoms with E-state index in [1.807, 2.05) is 6.92 Å². The summed E-state index contributed by atoms with van der Waals surface area (Å²) in [4.78, 5) is 11.5. The normalized spacial score (nSPS) is 38.4. The maximum Gasteiger partial charge on any atom is 0.339 e. The number of carboxylic acid groups (broad SMARTS) is 1. The Morgan fingerprint density at radius 3 is 2.35 bits per heavy atom. The number of carboxylic acids is 1. The number of aromatic nitrogens is 2. The van der Waals surface area contributed by atoms with Crippen LogP contribution in [0.5, 0.6) is 0 Å². The average Bonchev–Trinajstić information content (AvgIpc) is 2.81. The Kier molecular flexibility index (Phi) is 2.69. The van der Waals surface area contributed by atoms with Gasteiger partial charge in [-0.25, -0.2) is 4.79 Å². The third-order valence-corrected chi connectivity index (χ3v) is 5.89. The summed E-state index contributed by atoms with van der Waals surface area (Å²) < 4.78 is 1.80. The highest BCUT2D eigenvalue weighted by Crippen LogP contribution is 2.59. The number of aromatic carboxylic acids is 1. The van der Waals surface area contributed by atoms with E-state index in [1.165, 1.54) is 32.1 Å². The van der Waals surface area contributed by atoms with Gasteiger partial charge in [0.25, 0.3) is 0 Å². The fourth-order valence-electron chi connectivity index (χ4n) is 5.38. The van der Waals surface area contributed by atoms with E-state index in [4.69, 9.17) is 0 Å². The van der Waals surface area contributed by atoms with Crippen LogP contribution < -0.4 is 0 Å². The van der Waals surface area contributed by atoms with Gasteiger partial charge in [-0.2, -0.15) is 5.10 Å². The highest BCUT2D eigenvalue weighted by atomic mass is 16.4. The van der Waals surface area contributed by atoms with E-state index in [0.29, 0.717) is 23.3 Å². The van der Waals surface area contributed by atoms with Gasteiger partial charge in [-0.1, -0.05) is 0 Å². The first-order valence-electron chi connectivity index (χ1n) is 7.96. The van der Waals surface area contributed by atoms with Crippen molar-refractivity contribution in [3.05, 3.63) is 17.5 Å². The molecular weight excluding hydrogens is 252 g/mol. The van der Waals surface area contributed by atoms with E-state index in [-0.39, 0.29) is 0 Å². The van der Waals surface area contributed by atoms with E-state index < -0.39 is 5.97 Å². The second kappa shape index (κ2) is 4.34. The number of hydrogen-bond donors (Lipinski definition) is 1. The number of rotatable bonds is 3. The van der Waals surface area contributed by atoms with E-state index in [2.05, 4.69) is 5.10 Å². The van der Waals surface area contributed by atoms with Crippen LogP contribution in [0.3, 0.4) is 0 Å². The van der Waals surface area contributed by atoms with Crippen LogP contribution >= 0.6 is 0 Å². The Hall–Kier alpha value is -1.32. The molecule has 1 aromatic rings. The molecule has 4 aliphatic rings. The van der Waals surface area contributed by atoms with Crippen LogP contribution in [-0.4, -0.2) is 20.9 Å².